The van der Waals surface area contributed by atoms with Gasteiger partial charge in [-0.15, -0.1) is 11.3 Å². The van der Waals surface area contributed by atoms with E-state index in [9.17, 15) is 0 Å². The predicted octanol–water partition coefficient (Wildman–Crippen LogP) is 15.2. The molecule has 1 nitrogen and oxygen atoms in total. The van der Waals surface area contributed by atoms with E-state index in [1.807, 2.05) is 11.3 Å². The zero-order chi connectivity index (χ0) is 37.5. The van der Waals surface area contributed by atoms with Crippen LogP contribution in [0.15, 0.2) is 212 Å². The third kappa shape index (κ3) is 4.56. The number of fused-ring (bicyclic) bond motifs is 13. The second kappa shape index (κ2) is 12.5. The minimum atomic E-state index is -0.425. The second-order valence-electron chi connectivity index (χ2n) is 15.1. The molecule has 2 heteroatoms. The number of thiophene rings is 1. The summed E-state index contributed by atoms with van der Waals surface area (Å²) in [5.41, 5.74) is 18.4. The zero-order valence-electron chi connectivity index (χ0n) is 31.1. The number of hydrogen-bond acceptors (Lipinski definition) is 2. The molecule has 0 unspecified atom stereocenters. The maximum atomic E-state index is 2.51. The van der Waals surface area contributed by atoms with Crippen LogP contribution >= 0.6 is 11.3 Å². The summed E-state index contributed by atoms with van der Waals surface area (Å²) >= 11 is 1.87. The largest absolute Gasteiger partial charge is 0.309 e. The molecular formula is C55H35NS. The average molecular weight is 742 g/mol. The Hall–Kier alpha value is -7.00. The number of rotatable bonds is 5. The van der Waals surface area contributed by atoms with E-state index < -0.39 is 5.41 Å². The highest BCUT2D eigenvalue weighted by Gasteiger charge is 2.52. The van der Waals surface area contributed by atoms with E-state index in [0.29, 0.717) is 0 Å². The molecule has 1 aromatic heterocycles. The molecule has 0 atom stereocenters. The van der Waals surface area contributed by atoms with E-state index in [2.05, 4.69) is 217 Å². The number of anilines is 3. The van der Waals surface area contributed by atoms with Crippen molar-refractivity contribution in [1.29, 1.82) is 0 Å². The molecule has 0 radical (unpaired) electrons. The normalized spacial score (nSPS) is 13.1. The molecule has 2 aliphatic carbocycles. The first kappa shape index (κ1) is 32.3. The maximum absolute atomic E-state index is 2.51. The molecular weight excluding hydrogens is 707 g/mol. The Balaban J connectivity index is 1.12. The lowest BCUT2D eigenvalue weighted by molar-refractivity contribution is 0.794. The van der Waals surface area contributed by atoms with Crippen LogP contribution < -0.4 is 4.90 Å². The highest BCUT2D eigenvalue weighted by atomic mass is 32.1. The van der Waals surface area contributed by atoms with Crippen molar-refractivity contribution in [2.45, 2.75) is 5.41 Å². The number of para-hydroxylation sites is 1. The van der Waals surface area contributed by atoms with Gasteiger partial charge in [0.2, 0.25) is 0 Å². The van der Waals surface area contributed by atoms with E-state index in [1.165, 1.54) is 92.6 Å². The van der Waals surface area contributed by atoms with Gasteiger partial charge in [-0.3, -0.25) is 0 Å². The standard InChI is InChI=1S/C55H35NS/c1-2-16-36(17-3-1)39-18-7-12-28-49(39)56(38-34-32-37(33-35-38)40-23-14-31-52-53(40)44-22-8-13-30-51(44)57-52)50-29-15-27-48-54(50)43-21-6-11-26-47(43)55(48)45-24-9-4-19-41(45)42-20-5-10-25-46(42)55/h1-35H. The number of nitrogens with zero attached hydrogens (tertiary/aromatic N) is 1. The summed E-state index contributed by atoms with van der Waals surface area (Å²) in [6, 6.07) is 78.7. The summed E-state index contributed by atoms with van der Waals surface area (Å²) < 4.78 is 2.64. The van der Waals surface area contributed by atoms with Gasteiger partial charge in [-0.05, 0) is 92.0 Å². The molecule has 12 rings (SSSR count). The van der Waals surface area contributed by atoms with E-state index >= 15 is 0 Å². The Morgan fingerprint density at radius 3 is 1.60 bits per heavy atom. The van der Waals surface area contributed by atoms with Gasteiger partial charge in [-0.2, -0.15) is 0 Å². The van der Waals surface area contributed by atoms with Crippen molar-refractivity contribution in [3.63, 3.8) is 0 Å². The van der Waals surface area contributed by atoms with E-state index in [1.54, 1.807) is 0 Å². The Morgan fingerprint density at radius 1 is 0.333 bits per heavy atom. The van der Waals surface area contributed by atoms with Crippen molar-refractivity contribution < 1.29 is 0 Å². The third-order valence-electron chi connectivity index (χ3n) is 12.3. The van der Waals surface area contributed by atoms with Crippen molar-refractivity contribution in [2.24, 2.45) is 0 Å². The number of hydrogen-bond donors (Lipinski definition) is 0. The van der Waals surface area contributed by atoms with Crippen LogP contribution in [-0.4, -0.2) is 0 Å². The quantitative estimate of drug-likeness (QED) is 0.170. The molecule has 0 aliphatic heterocycles. The smallest absolute Gasteiger partial charge is 0.0726 e. The molecule has 266 valence electrons. The molecule has 2 aliphatic rings. The zero-order valence-corrected chi connectivity index (χ0v) is 31.9. The summed E-state index contributed by atoms with van der Waals surface area (Å²) in [6.45, 7) is 0. The summed E-state index contributed by atoms with van der Waals surface area (Å²) in [6.07, 6.45) is 0. The van der Waals surface area contributed by atoms with Crippen molar-refractivity contribution in [3.8, 4) is 44.5 Å². The van der Waals surface area contributed by atoms with Crippen LogP contribution in [0.3, 0.4) is 0 Å². The first-order chi connectivity index (χ1) is 28.3. The highest BCUT2D eigenvalue weighted by Crippen LogP contribution is 2.64. The maximum Gasteiger partial charge on any atom is 0.0726 e. The highest BCUT2D eigenvalue weighted by molar-refractivity contribution is 7.25. The molecule has 9 aromatic carbocycles. The van der Waals surface area contributed by atoms with Crippen LogP contribution in [0.4, 0.5) is 17.1 Å². The first-order valence-corrected chi connectivity index (χ1v) is 20.5. The van der Waals surface area contributed by atoms with Crippen molar-refractivity contribution in [1.82, 2.24) is 0 Å². The number of benzene rings is 9. The molecule has 1 heterocycles. The van der Waals surface area contributed by atoms with Crippen LogP contribution in [0.1, 0.15) is 22.3 Å². The van der Waals surface area contributed by atoms with Gasteiger partial charge in [0.15, 0.2) is 0 Å². The topological polar surface area (TPSA) is 3.24 Å². The van der Waals surface area contributed by atoms with E-state index in [4.69, 9.17) is 0 Å². The monoisotopic (exact) mass is 741 g/mol. The molecule has 0 saturated carbocycles. The van der Waals surface area contributed by atoms with Gasteiger partial charge in [0.25, 0.3) is 0 Å². The van der Waals surface area contributed by atoms with Gasteiger partial charge in [0.05, 0.1) is 16.8 Å². The Bertz CT molecular complexity index is 3140. The summed E-state index contributed by atoms with van der Waals surface area (Å²) in [7, 11) is 0. The predicted molar refractivity (Wildman–Crippen MR) is 241 cm³/mol. The van der Waals surface area contributed by atoms with E-state index in [0.717, 1.165) is 11.4 Å². The van der Waals surface area contributed by atoms with Gasteiger partial charge < -0.3 is 4.90 Å². The van der Waals surface area contributed by atoms with Crippen LogP contribution in [0.25, 0.3) is 64.7 Å². The molecule has 0 N–H and O–H groups in total. The fourth-order valence-corrected chi connectivity index (χ4v) is 11.2. The van der Waals surface area contributed by atoms with Gasteiger partial charge in [-0.1, -0.05) is 176 Å². The Morgan fingerprint density at radius 2 is 0.842 bits per heavy atom. The molecule has 0 saturated heterocycles. The molecule has 0 amide bonds. The third-order valence-corrected chi connectivity index (χ3v) is 13.4. The van der Waals surface area contributed by atoms with Crippen molar-refractivity contribution in [2.75, 3.05) is 4.90 Å². The second-order valence-corrected chi connectivity index (χ2v) is 16.2. The fourth-order valence-electron chi connectivity index (χ4n) is 10.1. The van der Waals surface area contributed by atoms with E-state index in [-0.39, 0.29) is 0 Å². The molecule has 0 bridgehead atoms. The lowest BCUT2D eigenvalue weighted by atomic mass is 9.70. The van der Waals surface area contributed by atoms with Crippen LogP contribution in [-0.2, 0) is 5.41 Å². The van der Waals surface area contributed by atoms with Crippen LogP contribution in [0, 0.1) is 0 Å². The Kier molecular flexibility index (Phi) is 7.08. The molecule has 1 spiro atoms. The molecule has 10 aromatic rings. The first-order valence-electron chi connectivity index (χ1n) is 19.7. The fraction of sp³-hybridized carbons (Fsp3) is 0.0182. The molecule has 57 heavy (non-hydrogen) atoms. The minimum absolute atomic E-state index is 0.425. The van der Waals surface area contributed by atoms with Crippen LogP contribution in [0.5, 0.6) is 0 Å². The average Bonchev–Trinajstić information content (AvgIpc) is 3.92. The van der Waals surface area contributed by atoms with Gasteiger partial charge >= 0.3 is 0 Å². The lowest BCUT2D eigenvalue weighted by Crippen LogP contribution is -2.26. The van der Waals surface area contributed by atoms with Gasteiger partial charge in [-0.25, -0.2) is 0 Å². The van der Waals surface area contributed by atoms with Crippen molar-refractivity contribution >= 4 is 48.6 Å². The van der Waals surface area contributed by atoms with Gasteiger partial charge in [0.1, 0.15) is 0 Å². The van der Waals surface area contributed by atoms with Crippen molar-refractivity contribution in [3.05, 3.63) is 235 Å². The minimum Gasteiger partial charge on any atom is -0.309 e. The van der Waals surface area contributed by atoms with Gasteiger partial charge in [0, 0.05) is 37.0 Å². The summed E-state index contributed by atoms with van der Waals surface area (Å²) in [5.74, 6) is 0. The summed E-state index contributed by atoms with van der Waals surface area (Å²) in [4.78, 5) is 2.51. The molecule has 0 fully saturated rings. The van der Waals surface area contributed by atoms with Crippen LogP contribution in [0.2, 0.25) is 0 Å². The SMILES string of the molecule is c1ccc(-c2ccccc2N(c2ccc(-c3cccc4sc5ccccc5c34)cc2)c2cccc3c2-c2ccccc2C32c3ccccc3-c3ccccc32)cc1. The Labute approximate surface area is 336 Å². The lowest BCUT2D eigenvalue weighted by Gasteiger charge is -2.32. The summed E-state index contributed by atoms with van der Waals surface area (Å²) in [5, 5.41) is 2.65.